The highest BCUT2D eigenvalue weighted by Crippen LogP contribution is 2.30. The molecule has 0 unspecified atom stereocenters. The van der Waals surface area contributed by atoms with Crippen LogP contribution in [0.15, 0.2) is 36.4 Å². The molecule has 3 rings (SSSR count). The highest BCUT2D eigenvalue weighted by molar-refractivity contribution is 6.33. The van der Waals surface area contributed by atoms with Crippen molar-refractivity contribution in [3.63, 3.8) is 0 Å². The number of hydrogen-bond donors (Lipinski definition) is 2. The molecule has 0 radical (unpaired) electrons. The summed E-state index contributed by atoms with van der Waals surface area (Å²) < 4.78 is 5.25. The maximum absolute atomic E-state index is 12.4. The van der Waals surface area contributed by atoms with E-state index in [0.717, 1.165) is 0 Å². The monoisotopic (exact) mass is 302 g/mol. The van der Waals surface area contributed by atoms with Crippen molar-refractivity contribution in [2.45, 2.75) is 0 Å². The van der Waals surface area contributed by atoms with Crippen molar-refractivity contribution in [3.05, 3.63) is 52.5 Å². The molecule has 5 nitrogen and oxygen atoms in total. The smallest absolute Gasteiger partial charge is 0.262 e. The maximum atomic E-state index is 12.4. The third kappa shape index (κ3) is 2.55. The second-order valence-corrected chi connectivity index (χ2v) is 5.02. The Bertz CT molecular complexity index is 759. The minimum Gasteiger partial charge on any atom is -0.482 e. The SMILES string of the molecule is Nc1cc(C(=O)c2ccc3c(c2)NC(=O)CO3)ccc1Cl. The fourth-order valence-corrected chi connectivity index (χ4v) is 2.19. The Kier molecular flexibility index (Phi) is 3.27. The van der Waals surface area contributed by atoms with E-state index in [1.165, 1.54) is 6.07 Å². The number of fused-ring (bicyclic) bond motifs is 1. The predicted molar refractivity (Wildman–Crippen MR) is 79.9 cm³/mol. The van der Waals surface area contributed by atoms with Crippen molar-refractivity contribution in [3.8, 4) is 5.75 Å². The number of benzene rings is 2. The van der Waals surface area contributed by atoms with Crippen molar-refractivity contribution < 1.29 is 14.3 Å². The van der Waals surface area contributed by atoms with E-state index in [2.05, 4.69) is 5.32 Å². The van der Waals surface area contributed by atoms with E-state index in [1.54, 1.807) is 30.3 Å². The van der Waals surface area contributed by atoms with E-state index in [9.17, 15) is 9.59 Å². The standard InChI is InChI=1S/C15H11ClN2O3/c16-10-3-1-8(5-11(10)17)15(20)9-2-4-13-12(6-9)18-14(19)7-21-13/h1-6H,7,17H2,(H,18,19). The summed E-state index contributed by atoms with van der Waals surface area (Å²) in [7, 11) is 0. The maximum Gasteiger partial charge on any atom is 0.262 e. The minimum atomic E-state index is -0.247. The molecule has 106 valence electrons. The van der Waals surface area contributed by atoms with Crippen LogP contribution in [0.4, 0.5) is 11.4 Å². The molecule has 0 atom stereocenters. The Balaban J connectivity index is 1.96. The summed E-state index contributed by atoms with van der Waals surface area (Å²) in [5.41, 5.74) is 7.40. The molecule has 1 aliphatic heterocycles. The molecule has 0 aliphatic carbocycles. The van der Waals surface area contributed by atoms with E-state index in [4.69, 9.17) is 22.1 Å². The Hall–Kier alpha value is -2.53. The van der Waals surface area contributed by atoms with E-state index in [1.807, 2.05) is 0 Å². The van der Waals surface area contributed by atoms with Gasteiger partial charge in [-0.05, 0) is 36.4 Å². The van der Waals surface area contributed by atoms with Crippen LogP contribution in [0.25, 0.3) is 0 Å². The zero-order valence-corrected chi connectivity index (χ0v) is 11.6. The number of ether oxygens (including phenoxy) is 1. The van der Waals surface area contributed by atoms with Crippen molar-refractivity contribution in [2.24, 2.45) is 0 Å². The molecule has 3 N–H and O–H groups in total. The van der Waals surface area contributed by atoms with Crippen LogP contribution in [0, 0.1) is 0 Å². The van der Waals surface area contributed by atoms with Gasteiger partial charge in [0.15, 0.2) is 12.4 Å². The van der Waals surface area contributed by atoms with E-state index >= 15 is 0 Å². The second-order valence-electron chi connectivity index (χ2n) is 4.61. The largest absolute Gasteiger partial charge is 0.482 e. The molecule has 1 heterocycles. The summed E-state index contributed by atoms with van der Waals surface area (Å²) in [6.45, 7) is -0.0198. The lowest BCUT2D eigenvalue weighted by molar-refractivity contribution is -0.118. The third-order valence-corrected chi connectivity index (χ3v) is 3.48. The lowest BCUT2D eigenvalue weighted by atomic mass is 10.0. The number of nitrogens with two attached hydrogens (primary N) is 1. The van der Waals surface area contributed by atoms with Gasteiger partial charge in [-0.1, -0.05) is 11.6 Å². The fourth-order valence-electron chi connectivity index (χ4n) is 2.08. The van der Waals surface area contributed by atoms with Crippen LogP contribution in [0.5, 0.6) is 5.75 Å². The van der Waals surface area contributed by atoms with Crippen molar-refractivity contribution >= 4 is 34.7 Å². The van der Waals surface area contributed by atoms with Crippen molar-refractivity contribution in [2.75, 3.05) is 17.7 Å². The van der Waals surface area contributed by atoms with E-state index in [-0.39, 0.29) is 18.3 Å². The van der Waals surface area contributed by atoms with Gasteiger partial charge in [-0.25, -0.2) is 0 Å². The molecule has 0 aromatic heterocycles. The van der Waals surface area contributed by atoms with Gasteiger partial charge in [-0.3, -0.25) is 9.59 Å². The quantitative estimate of drug-likeness (QED) is 0.659. The topological polar surface area (TPSA) is 81.4 Å². The predicted octanol–water partition coefficient (Wildman–Crippen LogP) is 2.48. The van der Waals surface area contributed by atoms with Gasteiger partial charge < -0.3 is 15.8 Å². The van der Waals surface area contributed by atoms with Gasteiger partial charge in [-0.2, -0.15) is 0 Å². The highest BCUT2D eigenvalue weighted by atomic mass is 35.5. The van der Waals surface area contributed by atoms with Crippen LogP contribution in [-0.2, 0) is 4.79 Å². The van der Waals surface area contributed by atoms with E-state index in [0.29, 0.717) is 33.3 Å². The van der Waals surface area contributed by atoms with Gasteiger partial charge in [0.1, 0.15) is 5.75 Å². The molecule has 0 spiro atoms. The number of halogens is 1. The number of rotatable bonds is 2. The van der Waals surface area contributed by atoms with Gasteiger partial charge in [0.25, 0.3) is 5.91 Å². The normalized spacial score (nSPS) is 13.1. The van der Waals surface area contributed by atoms with Crippen molar-refractivity contribution in [1.82, 2.24) is 0 Å². The first-order valence-electron chi connectivity index (χ1n) is 6.21. The number of hydrogen-bond acceptors (Lipinski definition) is 4. The minimum absolute atomic E-state index is 0.0198. The van der Waals surface area contributed by atoms with Crippen LogP contribution >= 0.6 is 11.6 Å². The van der Waals surface area contributed by atoms with Crippen LogP contribution in [-0.4, -0.2) is 18.3 Å². The average molecular weight is 303 g/mol. The number of anilines is 2. The zero-order chi connectivity index (χ0) is 15.0. The molecule has 0 bridgehead atoms. The number of carbonyl (C=O) groups is 2. The van der Waals surface area contributed by atoms with Gasteiger partial charge in [0, 0.05) is 11.1 Å². The molecule has 0 saturated carbocycles. The third-order valence-electron chi connectivity index (χ3n) is 3.13. The molecule has 6 heteroatoms. The molecule has 0 fully saturated rings. The Morgan fingerprint density at radius 1 is 1.19 bits per heavy atom. The van der Waals surface area contributed by atoms with Crippen LogP contribution in [0.1, 0.15) is 15.9 Å². The lowest BCUT2D eigenvalue weighted by Gasteiger charge is -2.18. The summed E-state index contributed by atoms with van der Waals surface area (Å²) in [5.74, 6) is 0.0885. The highest BCUT2D eigenvalue weighted by Gasteiger charge is 2.18. The summed E-state index contributed by atoms with van der Waals surface area (Å²) in [6.07, 6.45) is 0. The number of nitrogen functional groups attached to an aromatic ring is 1. The summed E-state index contributed by atoms with van der Waals surface area (Å²) >= 11 is 5.84. The van der Waals surface area contributed by atoms with Crippen LogP contribution in [0.2, 0.25) is 5.02 Å². The first-order chi connectivity index (χ1) is 10.0. The molecular formula is C15H11ClN2O3. The number of ketones is 1. The van der Waals surface area contributed by atoms with Crippen LogP contribution < -0.4 is 15.8 Å². The first-order valence-corrected chi connectivity index (χ1v) is 6.59. The first kappa shape index (κ1) is 13.5. The van der Waals surface area contributed by atoms with Gasteiger partial charge >= 0.3 is 0 Å². The number of amides is 1. The Morgan fingerprint density at radius 3 is 2.67 bits per heavy atom. The second kappa shape index (κ2) is 5.10. The Morgan fingerprint density at radius 2 is 1.90 bits per heavy atom. The molecule has 2 aromatic carbocycles. The molecular weight excluding hydrogens is 292 g/mol. The van der Waals surface area contributed by atoms with Crippen LogP contribution in [0.3, 0.4) is 0 Å². The molecule has 21 heavy (non-hydrogen) atoms. The molecule has 2 aromatic rings. The summed E-state index contributed by atoms with van der Waals surface area (Å²) in [5, 5.41) is 3.07. The van der Waals surface area contributed by atoms with Gasteiger partial charge in [0.05, 0.1) is 16.4 Å². The molecule has 0 saturated heterocycles. The zero-order valence-electron chi connectivity index (χ0n) is 10.9. The number of carbonyl (C=O) groups excluding carboxylic acids is 2. The van der Waals surface area contributed by atoms with Gasteiger partial charge in [-0.15, -0.1) is 0 Å². The molecule has 1 amide bonds. The summed E-state index contributed by atoms with van der Waals surface area (Å²) in [6, 6.07) is 9.59. The summed E-state index contributed by atoms with van der Waals surface area (Å²) in [4.78, 5) is 23.7. The van der Waals surface area contributed by atoms with E-state index < -0.39 is 0 Å². The lowest BCUT2D eigenvalue weighted by Crippen LogP contribution is -2.25. The van der Waals surface area contributed by atoms with Crippen molar-refractivity contribution in [1.29, 1.82) is 0 Å². The Labute approximate surface area is 125 Å². The fraction of sp³-hybridized carbons (Fsp3) is 0.0667. The average Bonchev–Trinajstić information content (AvgIpc) is 2.48. The molecule has 1 aliphatic rings. The number of nitrogens with one attached hydrogen (secondary N) is 1. The van der Waals surface area contributed by atoms with Gasteiger partial charge in [0.2, 0.25) is 0 Å².